The number of hydrogen-bond donors (Lipinski definition) is 1. The SMILES string of the molecule is COc1ccc(/C(O)=C2/C(=O)C(=O)N(c3ccc(Cl)cc3)C2c2cccs2)cc1Cl. The maximum absolute atomic E-state index is 13.0. The van der Waals surface area contributed by atoms with Crippen LogP contribution in [0.5, 0.6) is 5.75 Å². The Balaban J connectivity index is 1.90. The van der Waals surface area contributed by atoms with Gasteiger partial charge in [0, 0.05) is 21.2 Å². The van der Waals surface area contributed by atoms with Gasteiger partial charge in [-0.2, -0.15) is 0 Å². The van der Waals surface area contributed by atoms with Gasteiger partial charge in [-0.15, -0.1) is 11.3 Å². The number of aliphatic hydroxyl groups is 1. The smallest absolute Gasteiger partial charge is 0.300 e. The topological polar surface area (TPSA) is 66.8 Å². The lowest BCUT2D eigenvalue weighted by Gasteiger charge is -2.24. The number of Topliss-reactive ketones (excluding diaryl/α,β-unsaturated/α-hetero) is 1. The number of thiophene rings is 1. The molecule has 0 aliphatic carbocycles. The number of benzene rings is 2. The summed E-state index contributed by atoms with van der Waals surface area (Å²) in [7, 11) is 1.48. The number of amides is 1. The molecule has 5 nitrogen and oxygen atoms in total. The third-order valence-corrected chi connectivity index (χ3v) is 6.26. The molecule has 1 aromatic heterocycles. The van der Waals surface area contributed by atoms with Gasteiger partial charge in [-0.1, -0.05) is 29.3 Å². The number of nitrogens with zero attached hydrogens (tertiary/aromatic N) is 1. The number of ketones is 1. The van der Waals surface area contributed by atoms with Crippen molar-refractivity contribution in [3.8, 4) is 5.75 Å². The quantitative estimate of drug-likeness (QED) is 0.309. The van der Waals surface area contributed by atoms with Gasteiger partial charge in [0.05, 0.1) is 17.7 Å². The summed E-state index contributed by atoms with van der Waals surface area (Å²) in [6.45, 7) is 0. The molecule has 4 rings (SSSR count). The number of carbonyl (C=O) groups excluding carboxylic acids is 2. The van der Waals surface area contributed by atoms with Crippen LogP contribution < -0.4 is 9.64 Å². The summed E-state index contributed by atoms with van der Waals surface area (Å²) < 4.78 is 5.14. The van der Waals surface area contributed by atoms with Crippen LogP contribution in [-0.4, -0.2) is 23.9 Å². The summed E-state index contributed by atoms with van der Waals surface area (Å²) in [5.41, 5.74) is 0.821. The van der Waals surface area contributed by atoms with Crippen molar-refractivity contribution in [3.63, 3.8) is 0 Å². The lowest BCUT2D eigenvalue weighted by atomic mass is 9.99. The molecule has 0 saturated carbocycles. The first-order valence-corrected chi connectivity index (χ1v) is 10.5. The van der Waals surface area contributed by atoms with Crippen molar-refractivity contribution in [3.05, 3.63) is 86.0 Å². The highest BCUT2D eigenvalue weighted by Gasteiger charge is 2.47. The summed E-state index contributed by atoms with van der Waals surface area (Å²) in [6, 6.07) is 14.2. The number of methoxy groups -OCH3 is 1. The first-order valence-electron chi connectivity index (χ1n) is 8.86. The van der Waals surface area contributed by atoms with Gasteiger partial charge in [-0.05, 0) is 53.9 Å². The number of aliphatic hydroxyl groups excluding tert-OH is 1. The summed E-state index contributed by atoms with van der Waals surface area (Å²) in [5.74, 6) is -1.36. The zero-order valence-electron chi connectivity index (χ0n) is 15.6. The van der Waals surface area contributed by atoms with Gasteiger partial charge < -0.3 is 9.84 Å². The molecular formula is C22H15Cl2NO4S. The van der Waals surface area contributed by atoms with Gasteiger partial charge >= 0.3 is 0 Å². The molecule has 0 bridgehead atoms. The molecule has 0 radical (unpaired) electrons. The predicted molar refractivity (Wildman–Crippen MR) is 119 cm³/mol. The third-order valence-electron chi connectivity index (χ3n) is 4.79. The average Bonchev–Trinajstić information content (AvgIpc) is 3.35. The second kappa shape index (κ2) is 8.14. The fourth-order valence-corrected chi connectivity index (χ4v) is 4.59. The molecule has 0 spiro atoms. The Morgan fingerprint density at radius 1 is 1.10 bits per heavy atom. The van der Waals surface area contributed by atoms with Gasteiger partial charge in [-0.25, -0.2) is 0 Å². The molecule has 1 fully saturated rings. The Kier molecular flexibility index (Phi) is 5.56. The lowest BCUT2D eigenvalue weighted by molar-refractivity contribution is -0.132. The van der Waals surface area contributed by atoms with Crippen molar-refractivity contribution in [1.82, 2.24) is 0 Å². The number of rotatable bonds is 4. The van der Waals surface area contributed by atoms with E-state index in [2.05, 4.69) is 0 Å². The minimum Gasteiger partial charge on any atom is -0.507 e. The minimum atomic E-state index is -0.771. The van der Waals surface area contributed by atoms with E-state index in [0.29, 0.717) is 22.0 Å². The fraction of sp³-hybridized carbons (Fsp3) is 0.0909. The molecule has 1 aliphatic rings. The van der Waals surface area contributed by atoms with Crippen LogP contribution in [0.2, 0.25) is 10.0 Å². The number of hydrogen-bond acceptors (Lipinski definition) is 5. The van der Waals surface area contributed by atoms with Crippen LogP contribution in [0.15, 0.2) is 65.6 Å². The summed E-state index contributed by atoms with van der Waals surface area (Å²) in [4.78, 5) is 28.1. The van der Waals surface area contributed by atoms with Crippen molar-refractivity contribution in [2.24, 2.45) is 0 Å². The Bertz CT molecular complexity index is 1160. The van der Waals surface area contributed by atoms with Gasteiger partial charge in [0.25, 0.3) is 11.7 Å². The van der Waals surface area contributed by atoms with Crippen molar-refractivity contribution >= 4 is 57.7 Å². The molecule has 1 amide bonds. The molecular weight excluding hydrogens is 445 g/mol. The Labute approximate surface area is 186 Å². The van der Waals surface area contributed by atoms with Crippen molar-refractivity contribution in [2.75, 3.05) is 12.0 Å². The van der Waals surface area contributed by atoms with E-state index in [9.17, 15) is 14.7 Å². The first-order chi connectivity index (χ1) is 14.4. The molecule has 2 aromatic carbocycles. The van der Waals surface area contributed by atoms with Gasteiger partial charge in [0.2, 0.25) is 0 Å². The average molecular weight is 460 g/mol. The van der Waals surface area contributed by atoms with Gasteiger partial charge in [-0.3, -0.25) is 14.5 Å². The second-order valence-electron chi connectivity index (χ2n) is 6.51. The van der Waals surface area contributed by atoms with Crippen LogP contribution in [0.25, 0.3) is 5.76 Å². The number of halogens is 2. The van der Waals surface area contributed by atoms with Crippen LogP contribution >= 0.6 is 34.5 Å². The van der Waals surface area contributed by atoms with E-state index in [1.54, 1.807) is 36.4 Å². The van der Waals surface area contributed by atoms with E-state index in [1.165, 1.54) is 29.4 Å². The molecule has 1 aliphatic heterocycles. The number of carbonyl (C=O) groups is 2. The summed E-state index contributed by atoms with van der Waals surface area (Å²) in [5, 5.41) is 13.7. The van der Waals surface area contributed by atoms with Crippen molar-refractivity contribution in [2.45, 2.75) is 6.04 Å². The second-order valence-corrected chi connectivity index (χ2v) is 8.33. The maximum atomic E-state index is 13.0. The summed E-state index contributed by atoms with van der Waals surface area (Å²) in [6.07, 6.45) is 0. The van der Waals surface area contributed by atoms with Crippen LogP contribution in [0.3, 0.4) is 0 Å². The molecule has 3 aromatic rings. The largest absolute Gasteiger partial charge is 0.507 e. The first kappa shape index (κ1) is 20.5. The van der Waals surface area contributed by atoms with E-state index < -0.39 is 17.7 Å². The van der Waals surface area contributed by atoms with E-state index in [1.807, 2.05) is 17.5 Å². The minimum absolute atomic E-state index is 0.00127. The van der Waals surface area contributed by atoms with E-state index >= 15 is 0 Å². The standard InChI is InChI=1S/C22H15Cl2NO4S/c1-29-16-9-4-12(11-15(16)24)20(26)18-19(17-3-2-10-30-17)25(22(28)21(18)27)14-7-5-13(23)6-8-14/h2-11,19,26H,1H3/b20-18-. The van der Waals surface area contributed by atoms with Crippen LogP contribution in [0.1, 0.15) is 16.5 Å². The van der Waals surface area contributed by atoms with E-state index in [4.69, 9.17) is 27.9 Å². The number of anilines is 1. The monoisotopic (exact) mass is 459 g/mol. The molecule has 8 heteroatoms. The zero-order valence-corrected chi connectivity index (χ0v) is 18.0. The molecule has 1 saturated heterocycles. The fourth-order valence-electron chi connectivity index (χ4n) is 3.39. The van der Waals surface area contributed by atoms with Gasteiger partial charge in [0.15, 0.2) is 0 Å². The van der Waals surface area contributed by atoms with Crippen LogP contribution in [-0.2, 0) is 9.59 Å². The third kappa shape index (κ3) is 3.47. The molecule has 152 valence electrons. The Morgan fingerprint density at radius 3 is 2.43 bits per heavy atom. The highest BCUT2D eigenvalue weighted by Crippen LogP contribution is 2.44. The maximum Gasteiger partial charge on any atom is 0.300 e. The molecule has 30 heavy (non-hydrogen) atoms. The zero-order chi connectivity index (χ0) is 21.4. The highest BCUT2D eigenvalue weighted by molar-refractivity contribution is 7.10. The van der Waals surface area contributed by atoms with Crippen molar-refractivity contribution in [1.29, 1.82) is 0 Å². The normalized spacial score (nSPS) is 18.1. The summed E-state index contributed by atoms with van der Waals surface area (Å²) >= 11 is 13.6. The highest BCUT2D eigenvalue weighted by atomic mass is 35.5. The van der Waals surface area contributed by atoms with E-state index in [-0.39, 0.29) is 16.4 Å². The predicted octanol–water partition coefficient (Wildman–Crippen LogP) is 5.69. The number of ether oxygens (including phenoxy) is 1. The lowest BCUT2D eigenvalue weighted by Crippen LogP contribution is -2.29. The molecule has 2 heterocycles. The van der Waals surface area contributed by atoms with Crippen LogP contribution in [0, 0.1) is 0 Å². The van der Waals surface area contributed by atoms with Crippen molar-refractivity contribution < 1.29 is 19.4 Å². The molecule has 1 atom stereocenters. The van der Waals surface area contributed by atoms with E-state index in [0.717, 1.165) is 4.88 Å². The molecule has 1 N–H and O–H groups in total. The Morgan fingerprint density at radius 2 is 1.83 bits per heavy atom. The van der Waals surface area contributed by atoms with Crippen LogP contribution in [0.4, 0.5) is 5.69 Å². The Hall–Kier alpha value is -2.80. The van der Waals surface area contributed by atoms with Gasteiger partial charge in [0.1, 0.15) is 17.6 Å². The molecule has 1 unspecified atom stereocenters.